The second kappa shape index (κ2) is 8.78. The molecular formula is C25H20BrFN4O2. The molecule has 33 heavy (non-hydrogen) atoms. The van der Waals surface area contributed by atoms with E-state index in [4.69, 9.17) is 4.52 Å². The Labute approximate surface area is 197 Å². The molecule has 5 aromatic rings. The molecular weight excluding hydrogens is 487 g/mol. The number of halogens is 2. The van der Waals surface area contributed by atoms with Gasteiger partial charge in [-0.25, -0.2) is 4.39 Å². The smallest absolute Gasteiger partial charge is 0.227 e. The Kier molecular flexibility index (Phi) is 5.68. The first-order valence-corrected chi connectivity index (χ1v) is 11.4. The number of benzene rings is 3. The molecule has 2 heterocycles. The van der Waals surface area contributed by atoms with Crippen LogP contribution >= 0.6 is 15.9 Å². The first kappa shape index (κ1) is 21.3. The van der Waals surface area contributed by atoms with Crippen LogP contribution in [0.25, 0.3) is 33.2 Å². The molecule has 0 aliphatic carbocycles. The van der Waals surface area contributed by atoms with Gasteiger partial charge in [0.15, 0.2) is 0 Å². The summed E-state index contributed by atoms with van der Waals surface area (Å²) in [4.78, 5) is 16.9. The lowest BCUT2D eigenvalue weighted by Crippen LogP contribution is -2.12. The number of para-hydroxylation sites is 1. The lowest BCUT2D eigenvalue weighted by Gasteiger charge is -2.06. The third-order valence-corrected chi connectivity index (χ3v) is 6.23. The molecule has 0 unspecified atom stereocenters. The summed E-state index contributed by atoms with van der Waals surface area (Å²) in [5, 5.41) is 9.17. The van der Waals surface area contributed by atoms with Crippen molar-refractivity contribution < 1.29 is 13.7 Å². The second-order valence-corrected chi connectivity index (χ2v) is 8.53. The van der Waals surface area contributed by atoms with E-state index in [0.717, 1.165) is 28.5 Å². The average molecular weight is 507 g/mol. The van der Waals surface area contributed by atoms with Crippen LogP contribution in [0.4, 0.5) is 10.1 Å². The molecule has 0 radical (unpaired) electrons. The zero-order valence-electron chi connectivity index (χ0n) is 17.8. The van der Waals surface area contributed by atoms with Gasteiger partial charge in [0.25, 0.3) is 0 Å². The molecule has 1 amide bonds. The van der Waals surface area contributed by atoms with Crippen molar-refractivity contribution in [2.24, 2.45) is 0 Å². The minimum absolute atomic E-state index is 0.142. The fraction of sp³-hybridized carbons (Fsp3) is 0.160. The summed E-state index contributed by atoms with van der Waals surface area (Å²) in [6, 6.07) is 18.5. The van der Waals surface area contributed by atoms with E-state index in [2.05, 4.69) is 55.0 Å². The van der Waals surface area contributed by atoms with Gasteiger partial charge in [-0.3, -0.25) is 4.79 Å². The molecule has 1 N–H and O–H groups in total. The summed E-state index contributed by atoms with van der Waals surface area (Å²) in [7, 11) is 0. The highest BCUT2D eigenvalue weighted by Gasteiger charge is 2.14. The Bertz CT molecular complexity index is 1490. The van der Waals surface area contributed by atoms with Gasteiger partial charge in [-0.15, -0.1) is 0 Å². The third-order valence-electron chi connectivity index (χ3n) is 5.58. The molecule has 0 aliphatic heterocycles. The van der Waals surface area contributed by atoms with Gasteiger partial charge in [0.1, 0.15) is 5.82 Å². The number of nitrogens with one attached hydrogen (secondary N) is 1. The molecule has 3 aromatic carbocycles. The maximum Gasteiger partial charge on any atom is 0.227 e. The molecule has 0 fully saturated rings. The van der Waals surface area contributed by atoms with Crippen LogP contribution in [0, 0.1) is 5.82 Å². The van der Waals surface area contributed by atoms with E-state index in [1.54, 1.807) is 6.07 Å². The topological polar surface area (TPSA) is 73.0 Å². The quantitative estimate of drug-likeness (QED) is 0.291. The van der Waals surface area contributed by atoms with Crippen LogP contribution in [0.5, 0.6) is 0 Å². The zero-order chi connectivity index (χ0) is 22.9. The Hall–Kier alpha value is -3.52. The fourth-order valence-electron chi connectivity index (χ4n) is 4.05. The number of anilines is 1. The van der Waals surface area contributed by atoms with Crippen molar-refractivity contribution in [3.8, 4) is 11.4 Å². The molecule has 0 saturated heterocycles. The summed E-state index contributed by atoms with van der Waals surface area (Å²) in [5.41, 5.74) is 3.68. The van der Waals surface area contributed by atoms with E-state index in [1.165, 1.54) is 17.6 Å². The van der Waals surface area contributed by atoms with E-state index >= 15 is 0 Å². The fourth-order valence-corrected chi connectivity index (χ4v) is 4.58. The molecule has 5 rings (SSSR count). The first-order chi connectivity index (χ1) is 16.0. The predicted octanol–water partition coefficient (Wildman–Crippen LogP) is 6.34. The van der Waals surface area contributed by atoms with Crippen molar-refractivity contribution in [2.45, 2.75) is 26.3 Å². The lowest BCUT2D eigenvalue weighted by atomic mass is 10.1. The number of aryl methyl sites for hydroxylation is 2. The van der Waals surface area contributed by atoms with Crippen molar-refractivity contribution in [1.29, 1.82) is 0 Å². The Morgan fingerprint density at radius 2 is 1.91 bits per heavy atom. The van der Waals surface area contributed by atoms with Crippen LogP contribution < -0.4 is 5.32 Å². The van der Waals surface area contributed by atoms with Gasteiger partial charge >= 0.3 is 0 Å². The minimum Gasteiger partial charge on any atom is -0.341 e. The van der Waals surface area contributed by atoms with Crippen LogP contribution in [0.1, 0.15) is 19.2 Å². The molecule has 0 aliphatic rings. The average Bonchev–Trinajstić information content (AvgIpc) is 3.40. The van der Waals surface area contributed by atoms with Crippen LogP contribution in [0.2, 0.25) is 0 Å². The number of hydrogen-bond acceptors (Lipinski definition) is 4. The molecule has 166 valence electrons. The van der Waals surface area contributed by atoms with Gasteiger partial charge in [-0.2, -0.15) is 4.98 Å². The number of rotatable bonds is 6. The third kappa shape index (κ3) is 4.14. The van der Waals surface area contributed by atoms with Gasteiger partial charge in [0, 0.05) is 56.9 Å². The zero-order valence-corrected chi connectivity index (χ0v) is 19.4. The maximum atomic E-state index is 13.3. The summed E-state index contributed by atoms with van der Waals surface area (Å²) >= 11 is 3.30. The van der Waals surface area contributed by atoms with Gasteiger partial charge in [0.05, 0.1) is 0 Å². The van der Waals surface area contributed by atoms with E-state index < -0.39 is 0 Å². The Morgan fingerprint density at radius 3 is 2.73 bits per heavy atom. The predicted molar refractivity (Wildman–Crippen MR) is 129 cm³/mol. The Morgan fingerprint density at radius 1 is 1.09 bits per heavy atom. The normalized spacial score (nSPS) is 11.4. The van der Waals surface area contributed by atoms with Gasteiger partial charge < -0.3 is 14.4 Å². The van der Waals surface area contributed by atoms with E-state index in [9.17, 15) is 9.18 Å². The largest absolute Gasteiger partial charge is 0.341 e. The van der Waals surface area contributed by atoms with Crippen molar-refractivity contribution in [2.75, 3.05) is 5.32 Å². The van der Waals surface area contributed by atoms with Crippen molar-refractivity contribution >= 4 is 49.3 Å². The molecule has 8 heteroatoms. The van der Waals surface area contributed by atoms with Crippen molar-refractivity contribution in [3.63, 3.8) is 0 Å². The number of nitrogens with zero attached hydrogens (tertiary/aromatic N) is 3. The highest BCUT2D eigenvalue weighted by Crippen LogP contribution is 2.31. The summed E-state index contributed by atoms with van der Waals surface area (Å²) < 4.78 is 21.4. The number of fused-ring (bicyclic) bond motifs is 3. The van der Waals surface area contributed by atoms with Gasteiger partial charge in [0.2, 0.25) is 17.6 Å². The standard InChI is InChI=1S/C25H20BrFN4O2/c1-2-31-21-6-4-3-5-17(21)19-14-16(8-10-22(19)31)28-23(32)11-12-24-29-25(30-33-24)18-9-7-15(27)13-20(18)26/h3-10,13-14H,2,11-12H2,1H3,(H,28,32). The lowest BCUT2D eigenvalue weighted by molar-refractivity contribution is -0.116. The monoisotopic (exact) mass is 506 g/mol. The number of aromatic nitrogens is 3. The van der Waals surface area contributed by atoms with Gasteiger partial charge in [-0.05, 0) is 65.3 Å². The number of amides is 1. The summed E-state index contributed by atoms with van der Waals surface area (Å²) in [5.74, 6) is 0.188. The van der Waals surface area contributed by atoms with Gasteiger partial charge in [-0.1, -0.05) is 23.4 Å². The van der Waals surface area contributed by atoms with Crippen molar-refractivity contribution in [1.82, 2.24) is 14.7 Å². The first-order valence-electron chi connectivity index (χ1n) is 10.6. The van der Waals surface area contributed by atoms with E-state index in [0.29, 0.717) is 28.2 Å². The van der Waals surface area contributed by atoms with Crippen LogP contribution in [0.3, 0.4) is 0 Å². The molecule has 0 saturated carbocycles. The number of hydrogen-bond donors (Lipinski definition) is 1. The highest BCUT2D eigenvalue weighted by atomic mass is 79.9. The van der Waals surface area contributed by atoms with E-state index in [-0.39, 0.29) is 18.1 Å². The van der Waals surface area contributed by atoms with Crippen LogP contribution in [-0.2, 0) is 17.8 Å². The SMILES string of the molecule is CCn1c2ccccc2c2cc(NC(=O)CCc3nc(-c4ccc(F)cc4Br)no3)ccc21. The molecule has 0 atom stereocenters. The molecule has 0 bridgehead atoms. The van der Waals surface area contributed by atoms with Crippen LogP contribution in [-0.4, -0.2) is 20.6 Å². The number of carbonyl (C=O) groups excluding carboxylic acids is 1. The summed E-state index contributed by atoms with van der Waals surface area (Å²) in [6.07, 6.45) is 0.496. The van der Waals surface area contributed by atoms with E-state index in [1.807, 2.05) is 30.3 Å². The molecule has 0 spiro atoms. The summed E-state index contributed by atoms with van der Waals surface area (Å²) in [6.45, 7) is 3.00. The number of carbonyl (C=O) groups is 1. The van der Waals surface area contributed by atoms with Crippen molar-refractivity contribution in [3.05, 3.63) is 76.8 Å². The second-order valence-electron chi connectivity index (χ2n) is 7.68. The molecule has 2 aromatic heterocycles. The highest BCUT2D eigenvalue weighted by molar-refractivity contribution is 9.10. The molecule has 6 nitrogen and oxygen atoms in total. The Balaban J connectivity index is 1.29. The maximum absolute atomic E-state index is 13.3. The van der Waals surface area contributed by atoms with Crippen LogP contribution in [0.15, 0.2) is 69.7 Å². The minimum atomic E-state index is -0.358.